The summed E-state index contributed by atoms with van der Waals surface area (Å²) in [5, 5.41) is 3.72. The number of rotatable bonds is 4. The van der Waals surface area contributed by atoms with Crippen LogP contribution < -0.4 is 5.32 Å². The van der Waals surface area contributed by atoms with Crippen molar-refractivity contribution >= 4 is 0 Å². The van der Waals surface area contributed by atoms with Crippen molar-refractivity contribution in [3.8, 4) is 0 Å². The van der Waals surface area contributed by atoms with Crippen molar-refractivity contribution in [3.05, 3.63) is 0 Å². The molecule has 0 amide bonds. The first-order valence-corrected chi connectivity index (χ1v) is 8.21. The molecule has 3 aliphatic rings. The largest absolute Gasteiger partial charge is 0.379 e. The van der Waals surface area contributed by atoms with Crippen molar-refractivity contribution in [2.45, 2.75) is 44.2 Å². The lowest BCUT2D eigenvalue weighted by molar-refractivity contribution is 0.0325. The van der Waals surface area contributed by atoms with Crippen molar-refractivity contribution < 1.29 is 4.74 Å². The van der Waals surface area contributed by atoms with Gasteiger partial charge < -0.3 is 10.1 Å². The monoisotopic (exact) mass is 267 g/mol. The Bertz CT molecular complexity index is 266. The van der Waals surface area contributed by atoms with E-state index in [1.165, 1.54) is 58.3 Å². The van der Waals surface area contributed by atoms with Crippen LogP contribution in [0.4, 0.5) is 0 Å². The molecule has 0 aromatic rings. The van der Waals surface area contributed by atoms with Crippen molar-refractivity contribution in [2.24, 2.45) is 0 Å². The summed E-state index contributed by atoms with van der Waals surface area (Å²) in [5.41, 5.74) is 0. The smallest absolute Gasteiger partial charge is 0.0594 e. The van der Waals surface area contributed by atoms with Gasteiger partial charge in [0.15, 0.2) is 0 Å². The van der Waals surface area contributed by atoms with Crippen molar-refractivity contribution in [1.82, 2.24) is 15.1 Å². The quantitative estimate of drug-likeness (QED) is 0.820. The molecule has 2 heterocycles. The number of nitrogens with zero attached hydrogens (tertiary/aromatic N) is 2. The van der Waals surface area contributed by atoms with Crippen molar-refractivity contribution in [2.75, 3.05) is 52.5 Å². The fourth-order valence-corrected chi connectivity index (χ4v) is 3.95. The van der Waals surface area contributed by atoms with Crippen LogP contribution in [-0.2, 0) is 4.74 Å². The average molecular weight is 267 g/mol. The van der Waals surface area contributed by atoms with E-state index in [1.54, 1.807) is 0 Å². The standard InChI is InChI=1S/C15H29N3O/c1-2-5-15-14(4-1)16-6-9-18(15)8-3-7-17-10-12-19-13-11-17/h14-16H,1-13H2/t14-,15+/m0/s1. The van der Waals surface area contributed by atoms with Crippen LogP contribution in [0.15, 0.2) is 0 Å². The van der Waals surface area contributed by atoms with Gasteiger partial charge in [0, 0.05) is 38.3 Å². The van der Waals surface area contributed by atoms with Crippen LogP contribution in [0, 0.1) is 0 Å². The molecule has 1 aliphatic carbocycles. The van der Waals surface area contributed by atoms with Gasteiger partial charge in [-0.1, -0.05) is 12.8 Å². The predicted molar refractivity (Wildman–Crippen MR) is 77.5 cm³/mol. The molecule has 0 aromatic heterocycles. The third-order valence-electron chi connectivity index (χ3n) is 5.03. The van der Waals surface area contributed by atoms with E-state index in [-0.39, 0.29) is 0 Å². The molecule has 0 bridgehead atoms. The van der Waals surface area contributed by atoms with Crippen LogP contribution in [0.25, 0.3) is 0 Å². The van der Waals surface area contributed by atoms with Crippen LogP contribution in [0.3, 0.4) is 0 Å². The van der Waals surface area contributed by atoms with E-state index < -0.39 is 0 Å². The number of morpholine rings is 1. The van der Waals surface area contributed by atoms with Gasteiger partial charge in [0.05, 0.1) is 13.2 Å². The molecule has 0 spiro atoms. The molecule has 2 aliphatic heterocycles. The van der Waals surface area contributed by atoms with Crippen LogP contribution in [0.5, 0.6) is 0 Å². The fourth-order valence-electron chi connectivity index (χ4n) is 3.95. The third kappa shape index (κ3) is 3.69. The molecule has 2 saturated heterocycles. The Labute approximate surface area is 117 Å². The lowest BCUT2D eigenvalue weighted by atomic mass is 9.87. The van der Waals surface area contributed by atoms with Gasteiger partial charge in [0.25, 0.3) is 0 Å². The lowest BCUT2D eigenvalue weighted by Crippen LogP contribution is -2.59. The summed E-state index contributed by atoms with van der Waals surface area (Å²) in [6, 6.07) is 1.61. The third-order valence-corrected chi connectivity index (χ3v) is 5.03. The summed E-state index contributed by atoms with van der Waals surface area (Å²) in [5.74, 6) is 0. The molecular formula is C15H29N3O. The Morgan fingerprint density at radius 2 is 1.84 bits per heavy atom. The Morgan fingerprint density at radius 3 is 2.74 bits per heavy atom. The Morgan fingerprint density at radius 1 is 1.00 bits per heavy atom. The number of fused-ring (bicyclic) bond motifs is 1. The zero-order chi connectivity index (χ0) is 12.9. The van der Waals surface area contributed by atoms with Gasteiger partial charge >= 0.3 is 0 Å². The van der Waals surface area contributed by atoms with E-state index in [9.17, 15) is 0 Å². The maximum absolute atomic E-state index is 5.41. The fraction of sp³-hybridized carbons (Fsp3) is 1.00. The minimum atomic E-state index is 0.783. The molecule has 0 radical (unpaired) electrons. The summed E-state index contributed by atoms with van der Waals surface area (Å²) in [6.07, 6.45) is 6.99. The van der Waals surface area contributed by atoms with Gasteiger partial charge in [-0.25, -0.2) is 0 Å². The summed E-state index contributed by atoms with van der Waals surface area (Å²) >= 11 is 0. The van der Waals surface area contributed by atoms with Gasteiger partial charge in [-0.15, -0.1) is 0 Å². The highest BCUT2D eigenvalue weighted by molar-refractivity contribution is 4.92. The maximum Gasteiger partial charge on any atom is 0.0594 e. The summed E-state index contributed by atoms with van der Waals surface area (Å²) in [6.45, 7) is 9.12. The second-order valence-corrected chi connectivity index (χ2v) is 6.26. The van der Waals surface area contributed by atoms with Crippen molar-refractivity contribution in [3.63, 3.8) is 0 Å². The molecule has 110 valence electrons. The first kappa shape index (κ1) is 13.8. The second-order valence-electron chi connectivity index (χ2n) is 6.26. The molecule has 1 N–H and O–H groups in total. The highest BCUT2D eigenvalue weighted by Gasteiger charge is 2.32. The number of hydrogen-bond acceptors (Lipinski definition) is 4. The first-order chi connectivity index (χ1) is 9.43. The molecule has 3 fully saturated rings. The van der Waals surface area contributed by atoms with Gasteiger partial charge in [-0.3, -0.25) is 9.80 Å². The molecule has 19 heavy (non-hydrogen) atoms. The molecule has 1 saturated carbocycles. The molecular weight excluding hydrogens is 238 g/mol. The number of nitrogens with one attached hydrogen (secondary N) is 1. The van der Waals surface area contributed by atoms with Crippen LogP contribution in [-0.4, -0.2) is 74.4 Å². The van der Waals surface area contributed by atoms with E-state index in [0.717, 1.165) is 38.4 Å². The van der Waals surface area contributed by atoms with E-state index >= 15 is 0 Å². The van der Waals surface area contributed by atoms with Gasteiger partial charge in [-0.2, -0.15) is 0 Å². The van der Waals surface area contributed by atoms with Crippen LogP contribution in [0.1, 0.15) is 32.1 Å². The summed E-state index contributed by atoms with van der Waals surface area (Å²) in [4.78, 5) is 5.32. The first-order valence-electron chi connectivity index (χ1n) is 8.21. The highest BCUT2D eigenvalue weighted by atomic mass is 16.5. The Kier molecular flexibility index (Phi) is 5.10. The number of piperazine rings is 1. The molecule has 0 aromatic carbocycles. The topological polar surface area (TPSA) is 27.7 Å². The second kappa shape index (κ2) is 7.02. The van der Waals surface area contributed by atoms with E-state index in [0.29, 0.717) is 0 Å². The number of hydrogen-bond donors (Lipinski definition) is 1. The normalized spacial score (nSPS) is 34.1. The SMILES string of the molecule is C1CC[C@@H]2[C@H](C1)NCCN2CCCN1CCOCC1. The zero-order valence-electron chi connectivity index (χ0n) is 12.1. The Hall–Kier alpha value is -0.160. The van der Waals surface area contributed by atoms with E-state index in [4.69, 9.17) is 4.74 Å². The average Bonchev–Trinajstić information content (AvgIpc) is 2.49. The molecule has 3 rings (SSSR count). The van der Waals surface area contributed by atoms with Gasteiger partial charge in [-0.05, 0) is 32.4 Å². The van der Waals surface area contributed by atoms with E-state index in [1.807, 2.05) is 0 Å². The van der Waals surface area contributed by atoms with Gasteiger partial charge in [0.2, 0.25) is 0 Å². The van der Waals surface area contributed by atoms with Crippen LogP contribution >= 0.6 is 0 Å². The molecule has 0 unspecified atom stereocenters. The molecule has 4 heteroatoms. The predicted octanol–water partition coefficient (Wildman–Crippen LogP) is 0.925. The minimum absolute atomic E-state index is 0.783. The molecule has 4 nitrogen and oxygen atoms in total. The van der Waals surface area contributed by atoms with Crippen molar-refractivity contribution in [1.29, 1.82) is 0 Å². The Balaban J connectivity index is 1.40. The number of ether oxygens (including phenoxy) is 1. The zero-order valence-corrected chi connectivity index (χ0v) is 12.1. The minimum Gasteiger partial charge on any atom is -0.379 e. The van der Waals surface area contributed by atoms with Gasteiger partial charge in [0.1, 0.15) is 0 Å². The summed E-state index contributed by atoms with van der Waals surface area (Å²) < 4.78 is 5.41. The molecule has 2 atom stereocenters. The maximum atomic E-state index is 5.41. The van der Waals surface area contributed by atoms with Crippen LogP contribution in [0.2, 0.25) is 0 Å². The highest BCUT2D eigenvalue weighted by Crippen LogP contribution is 2.25. The lowest BCUT2D eigenvalue weighted by Gasteiger charge is -2.45. The van der Waals surface area contributed by atoms with E-state index in [2.05, 4.69) is 15.1 Å². The summed E-state index contributed by atoms with van der Waals surface area (Å²) in [7, 11) is 0.